The molecule has 10 nitrogen and oxygen atoms in total. The summed E-state index contributed by atoms with van der Waals surface area (Å²) >= 11 is 0. The summed E-state index contributed by atoms with van der Waals surface area (Å²) in [6, 6.07) is 6.79. The van der Waals surface area contributed by atoms with Gasteiger partial charge in [0.2, 0.25) is 17.6 Å². The van der Waals surface area contributed by atoms with Gasteiger partial charge in [0, 0.05) is 12.1 Å². The van der Waals surface area contributed by atoms with Gasteiger partial charge in [0.1, 0.15) is 12.1 Å². The largest absolute Gasteiger partial charge is 0.363 e. The molecule has 2 fully saturated rings. The highest BCUT2D eigenvalue weighted by Crippen LogP contribution is 2.35. The Bertz CT molecular complexity index is 1190. The second kappa shape index (κ2) is 14.6. The molecule has 0 spiro atoms. The van der Waals surface area contributed by atoms with E-state index < -0.39 is 52.7 Å². The molecule has 1 saturated carbocycles. The molecule has 0 bridgehead atoms. The van der Waals surface area contributed by atoms with Gasteiger partial charge < -0.3 is 26.6 Å². The Hall–Kier alpha value is -3.43. The molecule has 0 radical (unpaired) electrons. The van der Waals surface area contributed by atoms with Crippen molar-refractivity contribution < 1.29 is 24.0 Å². The van der Waals surface area contributed by atoms with Gasteiger partial charge in [0.15, 0.2) is 0 Å². The Morgan fingerprint density at radius 1 is 0.977 bits per heavy atom. The molecule has 3 rings (SSSR count). The van der Waals surface area contributed by atoms with Crippen molar-refractivity contribution >= 4 is 29.5 Å². The van der Waals surface area contributed by atoms with Crippen LogP contribution in [0.3, 0.4) is 0 Å². The maximum absolute atomic E-state index is 14.3. The Labute approximate surface area is 262 Å². The molecule has 10 heteroatoms. The number of hydrogen-bond acceptors (Lipinski definition) is 5. The smallest absolute Gasteiger partial charge is 0.315 e. The molecule has 1 aliphatic heterocycles. The summed E-state index contributed by atoms with van der Waals surface area (Å²) in [7, 11) is 0. The number of rotatable bonds is 14. The van der Waals surface area contributed by atoms with Crippen molar-refractivity contribution in [3.8, 4) is 0 Å². The fraction of sp³-hybridized carbons (Fsp3) is 0.676. The van der Waals surface area contributed by atoms with Crippen molar-refractivity contribution in [1.29, 1.82) is 0 Å². The number of hydrogen-bond donors (Lipinski definition) is 4. The normalized spacial score (nSPS) is 20.1. The average molecular weight is 612 g/mol. The maximum atomic E-state index is 14.3. The van der Waals surface area contributed by atoms with E-state index in [0.29, 0.717) is 38.6 Å². The van der Waals surface area contributed by atoms with E-state index in [9.17, 15) is 24.0 Å². The van der Waals surface area contributed by atoms with Crippen LogP contribution in [-0.2, 0) is 25.6 Å². The Morgan fingerprint density at radius 2 is 1.59 bits per heavy atom. The number of primary amides is 1. The van der Waals surface area contributed by atoms with Gasteiger partial charge >= 0.3 is 6.03 Å². The van der Waals surface area contributed by atoms with E-state index >= 15 is 0 Å². The lowest BCUT2D eigenvalue weighted by molar-refractivity contribution is -0.143. The monoisotopic (exact) mass is 611 g/mol. The summed E-state index contributed by atoms with van der Waals surface area (Å²) in [4.78, 5) is 67.4. The molecule has 4 atom stereocenters. The Kier molecular flexibility index (Phi) is 11.6. The number of ketones is 1. The molecular formula is C34H53N5O5. The van der Waals surface area contributed by atoms with Crippen LogP contribution in [-0.4, -0.2) is 64.6 Å². The van der Waals surface area contributed by atoms with Crippen LogP contribution in [0, 0.1) is 23.2 Å². The van der Waals surface area contributed by atoms with Gasteiger partial charge in [-0.1, -0.05) is 91.6 Å². The molecule has 2 unspecified atom stereocenters. The van der Waals surface area contributed by atoms with Crippen molar-refractivity contribution in [2.75, 3.05) is 6.54 Å². The lowest BCUT2D eigenvalue weighted by Gasteiger charge is -2.38. The summed E-state index contributed by atoms with van der Waals surface area (Å²) < 4.78 is 0. The minimum Gasteiger partial charge on any atom is -0.363 e. The third-order valence-electron chi connectivity index (χ3n) is 9.51. The van der Waals surface area contributed by atoms with Gasteiger partial charge in [0.05, 0.1) is 6.04 Å². The van der Waals surface area contributed by atoms with Crippen molar-refractivity contribution in [3.05, 3.63) is 35.9 Å². The molecule has 44 heavy (non-hydrogen) atoms. The highest BCUT2D eigenvalue weighted by atomic mass is 16.2. The zero-order chi connectivity index (χ0) is 32.8. The van der Waals surface area contributed by atoms with Gasteiger partial charge in [-0.15, -0.1) is 0 Å². The number of carbonyl (C=O) groups is 5. The molecule has 2 aliphatic rings. The molecule has 1 aromatic rings. The van der Waals surface area contributed by atoms with Gasteiger partial charge in [-0.25, -0.2) is 4.79 Å². The van der Waals surface area contributed by atoms with E-state index in [-0.39, 0.29) is 23.7 Å². The highest BCUT2D eigenvalue weighted by Gasteiger charge is 2.46. The predicted octanol–water partition coefficient (Wildman–Crippen LogP) is 3.71. The second-order valence-corrected chi connectivity index (χ2v) is 14.3. The van der Waals surface area contributed by atoms with E-state index in [4.69, 9.17) is 5.73 Å². The average Bonchev–Trinajstić information content (AvgIpc) is 3.67. The van der Waals surface area contributed by atoms with E-state index in [1.807, 2.05) is 65.0 Å². The minimum absolute atomic E-state index is 0.0524. The molecule has 1 heterocycles. The number of benzene rings is 1. The van der Waals surface area contributed by atoms with Gasteiger partial charge in [-0.2, -0.15) is 0 Å². The summed E-state index contributed by atoms with van der Waals surface area (Å²) in [5.74, 6) is -2.21. The molecule has 244 valence electrons. The summed E-state index contributed by atoms with van der Waals surface area (Å²) in [6.07, 6.45) is 4.71. The van der Waals surface area contributed by atoms with Crippen LogP contribution in [0.15, 0.2) is 30.3 Å². The molecular weight excluding hydrogens is 558 g/mol. The van der Waals surface area contributed by atoms with Crippen LogP contribution < -0.4 is 21.7 Å². The molecule has 5 N–H and O–H groups in total. The maximum Gasteiger partial charge on any atom is 0.315 e. The zero-order valence-corrected chi connectivity index (χ0v) is 27.6. The zero-order valence-electron chi connectivity index (χ0n) is 27.6. The number of nitrogens with two attached hydrogens (primary N) is 1. The molecule has 1 saturated heterocycles. The van der Waals surface area contributed by atoms with Crippen LogP contribution in [0.5, 0.6) is 0 Å². The standard InChI is InChI=1S/C34H53N5O5/c1-8-34(9-2,19-23-13-11-10-12-14-23)38-32(44)37-28(33(5,6)7)31(43)39-20-24(21(3)4)18-26(39)30(42)36-25(17-22-15-16-22)27(40)29(35)41/h10-14,21-22,24-26,28H,8-9,15-20H2,1-7H3,(H2,35,41)(H,36,42)(H2,37,38,44)/t24-,25?,26+,28?/m1/s1. The van der Waals surface area contributed by atoms with Crippen LogP contribution >= 0.6 is 0 Å². The number of nitrogens with zero attached hydrogens (tertiary/aromatic N) is 1. The van der Waals surface area contributed by atoms with Crippen LogP contribution in [0.4, 0.5) is 4.79 Å². The van der Waals surface area contributed by atoms with Crippen LogP contribution in [0.25, 0.3) is 0 Å². The van der Waals surface area contributed by atoms with E-state index in [1.165, 1.54) is 0 Å². The third-order valence-corrected chi connectivity index (χ3v) is 9.51. The number of likely N-dealkylation sites (tertiary alicyclic amines) is 1. The van der Waals surface area contributed by atoms with Crippen molar-refractivity contribution in [2.45, 2.75) is 117 Å². The van der Waals surface area contributed by atoms with Crippen molar-refractivity contribution in [1.82, 2.24) is 20.9 Å². The van der Waals surface area contributed by atoms with Crippen molar-refractivity contribution in [3.63, 3.8) is 0 Å². The highest BCUT2D eigenvalue weighted by molar-refractivity contribution is 6.37. The molecule has 0 aromatic heterocycles. The first-order valence-corrected chi connectivity index (χ1v) is 16.2. The third kappa shape index (κ3) is 9.05. The Balaban J connectivity index is 1.82. The van der Waals surface area contributed by atoms with Crippen LogP contribution in [0.2, 0.25) is 0 Å². The molecule has 1 aromatic carbocycles. The fourth-order valence-corrected chi connectivity index (χ4v) is 6.13. The van der Waals surface area contributed by atoms with E-state index in [0.717, 1.165) is 18.4 Å². The van der Waals surface area contributed by atoms with Gasteiger partial charge in [0.25, 0.3) is 5.91 Å². The first-order chi connectivity index (χ1) is 20.6. The first kappa shape index (κ1) is 35.1. The number of urea groups is 1. The number of Topliss-reactive ketones (excluding diaryl/α,β-unsaturated/α-hetero) is 1. The topological polar surface area (TPSA) is 151 Å². The first-order valence-electron chi connectivity index (χ1n) is 16.2. The van der Waals surface area contributed by atoms with Gasteiger partial charge in [-0.05, 0) is 60.8 Å². The van der Waals surface area contributed by atoms with Crippen LogP contribution in [0.1, 0.15) is 92.6 Å². The quantitative estimate of drug-likeness (QED) is 0.237. The summed E-state index contributed by atoms with van der Waals surface area (Å²) in [5.41, 5.74) is 5.24. The Morgan fingerprint density at radius 3 is 2.09 bits per heavy atom. The summed E-state index contributed by atoms with van der Waals surface area (Å²) in [5, 5.41) is 8.91. The predicted molar refractivity (Wildman–Crippen MR) is 170 cm³/mol. The van der Waals surface area contributed by atoms with E-state index in [2.05, 4.69) is 29.8 Å². The minimum atomic E-state index is -1.08. The van der Waals surface area contributed by atoms with E-state index in [1.54, 1.807) is 4.90 Å². The van der Waals surface area contributed by atoms with Gasteiger partial charge in [-0.3, -0.25) is 19.2 Å². The molecule has 1 aliphatic carbocycles. The lowest BCUT2D eigenvalue weighted by Crippen LogP contribution is -2.62. The lowest BCUT2D eigenvalue weighted by atomic mass is 9.84. The van der Waals surface area contributed by atoms with Crippen molar-refractivity contribution in [2.24, 2.45) is 28.9 Å². The molecule has 5 amide bonds. The number of amides is 5. The summed E-state index contributed by atoms with van der Waals surface area (Å²) in [6.45, 7) is 14.2. The number of nitrogens with one attached hydrogen (secondary N) is 3. The second-order valence-electron chi connectivity index (χ2n) is 14.3. The number of carbonyl (C=O) groups excluding carboxylic acids is 5. The fourth-order valence-electron chi connectivity index (χ4n) is 6.13. The SMILES string of the molecule is CCC(CC)(Cc1ccccc1)NC(=O)NC(C(=O)N1C[C@H](C(C)C)C[C@H]1C(=O)NC(CC1CC1)C(=O)C(N)=O)C(C)(C)C.